The molecule has 126 valence electrons. The second kappa shape index (κ2) is 7.87. The molecule has 2 aromatic heterocycles. The van der Waals surface area contributed by atoms with Crippen LogP contribution in [0.3, 0.4) is 0 Å². The minimum Gasteiger partial charge on any atom is -0.497 e. The Morgan fingerprint density at radius 2 is 1.92 bits per heavy atom. The summed E-state index contributed by atoms with van der Waals surface area (Å²) in [7, 11) is 3.21. The van der Waals surface area contributed by atoms with Gasteiger partial charge in [-0.2, -0.15) is 5.10 Å². The number of nitrogens with zero attached hydrogens (tertiary/aromatic N) is 3. The molecule has 3 aromatic rings. The summed E-state index contributed by atoms with van der Waals surface area (Å²) in [5.41, 5.74) is 1.97. The smallest absolute Gasteiger partial charge is 0.276 e. The highest BCUT2D eigenvalue weighted by Crippen LogP contribution is 2.30. The summed E-state index contributed by atoms with van der Waals surface area (Å²) in [6.07, 6.45) is 5.73. The van der Waals surface area contributed by atoms with E-state index in [2.05, 4.69) is 20.4 Å². The molecule has 1 N–H and O–H groups in total. The van der Waals surface area contributed by atoms with Crippen molar-refractivity contribution in [2.45, 2.75) is 18.1 Å². The van der Waals surface area contributed by atoms with Crippen molar-refractivity contribution in [2.24, 2.45) is 0 Å². The van der Waals surface area contributed by atoms with E-state index < -0.39 is 0 Å². The van der Waals surface area contributed by atoms with E-state index in [1.165, 1.54) is 5.56 Å². The standard InChI is InChI=1S/C16H18N4O3S/c1-21-13-6-12(7-14(8-13)22-2)15-19-20-16(23-15)24-5-3-4-11-9-17-18-10-11/h6-10H,3-5H2,1-2H3,(H,17,18). The van der Waals surface area contributed by atoms with E-state index in [1.807, 2.05) is 24.5 Å². The van der Waals surface area contributed by atoms with E-state index in [1.54, 1.807) is 32.0 Å². The van der Waals surface area contributed by atoms with Crippen LogP contribution in [0.15, 0.2) is 40.2 Å². The number of nitrogens with one attached hydrogen (secondary N) is 1. The lowest BCUT2D eigenvalue weighted by Gasteiger charge is -2.05. The number of hydrogen-bond acceptors (Lipinski definition) is 7. The zero-order chi connectivity index (χ0) is 16.8. The number of rotatable bonds is 8. The molecule has 3 rings (SSSR count). The zero-order valence-corrected chi connectivity index (χ0v) is 14.3. The van der Waals surface area contributed by atoms with Crippen molar-refractivity contribution in [1.82, 2.24) is 20.4 Å². The third kappa shape index (κ3) is 4.08. The molecule has 0 atom stereocenters. The van der Waals surface area contributed by atoms with Gasteiger partial charge in [-0.25, -0.2) is 0 Å². The first kappa shape index (κ1) is 16.4. The molecule has 0 radical (unpaired) electrons. The summed E-state index contributed by atoms with van der Waals surface area (Å²) >= 11 is 1.54. The van der Waals surface area contributed by atoms with Gasteiger partial charge in [0.2, 0.25) is 5.89 Å². The fourth-order valence-electron chi connectivity index (χ4n) is 2.17. The Labute approximate surface area is 143 Å². The summed E-state index contributed by atoms with van der Waals surface area (Å²) in [6.45, 7) is 0. The van der Waals surface area contributed by atoms with Gasteiger partial charge < -0.3 is 13.9 Å². The number of benzene rings is 1. The van der Waals surface area contributed by atoms with E-state index >= 15 is 0 Å². The Morgan fingerprint density at radius 1 is 1.12 bits per heavy atom. The van der Waals surface area contributed by atoms with Gasteiger partial charge in [0.1, 0.15) is 11.5 Å². The minimum absolute atomic E-state index is 0.449. The zero-order valence-electron chi connectivity index (χ0n) is 13.5. The van der Waals surface area contributed by atoms with Crippen molar-refractivity contribution in [3.8, 4) is 23.0 Å². The molecule has 0 fully saturated rings. The number of aromatic amines is 1. The summed E-state index contributed by atoms with van der Waals surface area (Å²) in [4.78, 5) is 0. The largest absolute Gasteiger partial charge is 0.497 e. The van der Waals surface area contributed by atoms with Crippen molar-refractivity contribution < 1.29 is 13.9 Å². The number of aromatic nitrogens is 4. The lowest BCUT2D eigenvalue weighted by atomic mass is 10.2. The molecule has 1 aromatic carbocycles. The number of hydrogen-bond donors (Lipinski definition) is 1. The fourth-order valence-corrected chi connectivity index (χ4v) is 2.87. The van der Waals surface area contributed by atoms with Crippen molar-refractivity contribution in [2.75, 3.05) is 20.0 Å². The van der Waals surface area contributed by atoms with Gasteiger partial charge in [-0.1, -0.05) is 11.8 Å². The second-order valence-corrected chi connectivity index (χ2v) is 6.08. The fraction of sp³-hybridized carbons (Fsp3) is 0.312. The van der Waals surface area contributed by atoms with Gasteiger partial charge >= 0.3 is 0 Å². The molecule has 24 heavy (non-hydrogen) atoms. The predicted molar refractivity (Wildman–Crippen MR) is 90.5 cm³/mol. The summed E-state index contributed by atoms with van der Waals surface area (Å²) in [5, 5.41) is 15.5. The van der Waals surface area contributed by atoms with Gasteiger partial charge in [-0.3, -0.25) is 5.10 Å². The maximum absolute atomic E-state index is 5.72. The van der Waals surface area contributed by atoms with Crippen LogP contribution in [0.4, 0.5) is 0 Å². The first-order valence-corrected chi connectivity index (χ1v) is 8.44. The van der Waals surface area contributed by atoms with Crippen LogP contribution in [0.5, 0.6) is 11.5 Å². The molecular weight excluding hydrogens is 328 g/mol. The van der Waals surface area contributed by atoms with E-state index in [9.17, 15) is 0 Å². The van der Waals surface area contributed by atoms with Crippen molar-refractivity contribution in [3.63, 3.8) is 0 Å². The maximum atomic E-state index is 5.72. The number of ether oxygens (including phenoxy) is 2. The lowest BCUT2D eigenvalue weighted by Crippen LogP contribution is -1.88. The quantitative estimate of drug-likeness (QED) is 0.495. The van der Waals surface area contributed by atoms with Crippen LogP contribution in [0, 0.1) is 0 Å². The summed E-state index contributed by atoms with van der Waals surface area (Å²) < 4.78 is 16.2. The van der Waals surface area contributed by atoms with Crippen LogP contribution in [0.25, 0.3) is 11.5 Å². The molecule has 7 nitrogen and oxygen atoms in total. The van der Waals surface area contributed by atoms with E-state index in [-0.39, 0.29) is 0 Å². The van der Waals surface area contributed by atoms with Gasteiger partial charge in [0.25, 0.3) is 5.22 Å². The van der Waals surface area contributed by atoms with Gasteiger partial charge in [0.15, 0.2) is 0 Å². The molecule has 0 amide bonds. The van der Waals surface area contributed by atoms with Crippen LogP contribution in [-0.2, 0) is 6.42 Å². The first-order valence-electron chi connectivity index (χ1n) is 7.46. The molecule has 8 heteroatoms. The SMILES string of the molecule is COc1cc(OC)cc(-c2nnc(SCCCc3cn[nH]c3)o2)c1. The van der Waals surface area contributed by atoms with Gasteiger partial charge in [0.05, 0.1) is 20.4 Å². The van der Waals surface area contributed by atoms with Crippen LogP contribution >= 0.6 is 11.8 Å². The minimum atomic E-state index is 0.449. The number of thioether (sulfide) groups is 1. The van der Waals surface area contributed by atoms with Crippen LogP contribution in [-0.4, -0.2) is 40.4 Å². The number of methoxy groups -OCH3 is 2. The normalized spacial score (nSPS) is 10.8. The van der Waals surface area contributed by atoms with E-state index in [0.29, 0.717) is 22.6 Å². The van der Waals surface area contributed by atoms with Crippen molar-refractivity contribution >= 4 is 11.8 Å². The van der Waals surface area contributed by atoms with E-state index in [4.69, 9.17) is 13.9 Å². The number of aryl methyl sites for hydroxylation is 1. The Bertz CT molecular complexity index is 751. The lowest BCUT2D eigenvalue weighted by molar-refractivity contribution is 0.394. The average Bonchev–Trinajstić information content (AvgIpc) is 3.30. The third-order valence-corrected chi connectivity index (χ3v) is 4.30. The molecule has 2 heterocycles. The summed E-state index contributed by atoms with van der Waals surface area (Å²) in [5.74, 6) is 2.70. The van der Waals surface area contributed by atoms with Crippen LogP contribution in [0.1, 0.15) is 12.0 Å². The highest BCUT2D eigenvalue weighted by atomic mass is 32.2. The average molecular weight is 346 g/mol. The highest BCUT2D eigenvalue weighted by Gasteiger charge is 2.12. The molecule has 0 bridgehead atoms. The van der Waals surface area contributed by atoms with Crippen LogP contribution in [0.2, 0.25) is 0 Å². The Kier molecular flexibility index (Phi) is 5.37. The Balaban J connectivity index is 1.60. The van der Waals surface area contributed by atoms with Crippen molar-refractivity contribution in [3.05, 3.63) is 36.2 Å². The first-order chi connectivity index (χ1) is 11.8. The molecule has 0 aliphatic carbocycles. The predicted octanol–water partition coefficient (Wildman–Crippen LogP) is 3.20. The molecular formula is C16H18N4O3S. The molecule has 0 saturated heterocycles. The van der Waals surface area contributed by atoms with Gasteiger partial charge in [0, 0.05) is 23.6 Å². The summed E-state index contributed by atoms with van der Waals surface area (Å²) in [6, 6.07) is 5.47. The molecule has 0 aliphatic heterocycles. The topological polar surface area (TPSA) is 86.1 Å². The molecule has 0 aliphatic rings. The van der Waals surface area contributed by atoms with Gasteiger partial charge in [-0.05, 0) is 30.5 Å². The van der Waals surface area contributed by atoms with Crippen molar-refractivity contribution in [1.29, 1.82) is 0 Å². The second-order valence-electron chi connectivity index (χ2n) is 5.03. The highest BCUT2D eigenvalue weighted by molar-refractivity contribution is 7.99. The monoisotopic (exact) mass is 346 g/mol. The Hall–Kier alpha value is -2.48. The van der Waals surface area contributed by atoms with Gasteiger partial charge in [-0.15, -0.1) is 10.2 Å². The molecule has 0 unspecified atom stereocenters. The Morgan fingerprint density at radius 3 is 2.58 bits per heavy atom. The molecule has 0 saturated carbocycles. The maximum Gasteiger partial charge on any atom is 0.276 e. The van der Waals surface area contributed by atoms with Crippen LogP contribution < -0.4 is 9.47 Å². The molecule has 0 spiro atoms. The van der Waals surface area contributed by atoms with E-state index in [0.717, 1.165) is 24.2 Å². The third-order valence-electron chi connectivity index (χ3n) is 3.40. The number of H-pyrrole nitrogens is 1.